The number of nitro groups is 1. The van der Waals surface area contributed by atoms with Gasteiger partial charge in [-0.15, -0.1) is 0 Å². The van der Waals surface area contributed by atoms with E-state index in [0.29, 0.717) is 12.4 Å². The number of benzene rings is 1. The number of hydrogen-bond acceptors (Lipinski definition) is 3. The zero-order valence-corrected chi connectivity index (χ0v) is 12.2. The Morgan fingerprint density at radius 1 is 1.47 bits per heavy atom. The minimum Gasteiger partial charge on any atom is -0.492 e. The molecular formula is C11H11Br2NO3. The second kappa shape index (κ2) is 4.94. The third kappa shape index (κ3) is 2.98. The Kier molecular flexibility index (Phi) is 3.73. The Balaban J connectivity index is 2.09. The largest absolute Gasteiger partial charge is 0.492 e. The SMILES string of the molecule is O=[N+]([O-])c1ccc(Br)c(OCC2(CBr)CC2)c1. The van der Waals surface area contributed by atoms with Gasteiger partial charge in [0.2, 0.25) is 0 Å². The van der Waals surface area contributed by atoms with Gasteiger partial charge >= 0.3 is 0 Å². The van der Waals surface area contributed by atoms with Crippen LogP contribution in [0.4, 0.5) is 5.69 Å². The van der Waals surface area contributed by atoms with E-state index in [1.165, 1.54) is 12.1 Å². The Morgan fingerprint density at radius 3 is 2.71 bits per heavy atom. The highest BCUT2D eigenvalue weighted by atomic mass is 79.9. The van der Waals surface area contributed by atoms with Gasteiger partial charge in [-0.25, -0.2) is 0 Å². The molecule has 0 unspecified atom stereocenters. The standard InChI is InChI=1S/C11H11Br2NO3/c12-6-11(3-4-11)7-17-10-5-8(14(15)16)1-2-9(10)13/h1-2,5H,3-4,6-7H2. The lowest BCUT2D eigenvalue weighted by molar-refractivity contribution is -0.385. The normalized spacial score (nSPS) is 16.6. The van der Waals surface area contributed by atoms with E-state index in [0.717, 1.165) is 22.6 Å². The van der Waals surface area contributed by atoms with Crippen molar-refractivity contribution < 1.29 is 9.66 Å². The van der Waals surface area contributed by atoms with Crippen molar-refractivity contribution in [2.45, 2.75) is 12.8 Å². The predicted molar refractivity (Wildman–Crippen MR) is 71.8 cm³/mol. The molecule has 0 aromatic heterocycles. The Labute approximate surface area is 116 Å². The number of alkyl halides is 1. The monoisotopic (exact) mass is 363 g/mol. The quantitative estimate of drug-likeness (QED) is 0.452. The zero-order valence-electron chi connectivity index (χ0n) is 8.99. The van der Waals surface area contributed by atoms with E-state index in [9.17, 15) is 10.1 Å². The molecule has 1 aliphatic carbocycles. The first-order valence-electron chi connectivity index (χ1n) is 5.19. The van der Waals surface area contributed by atoms with E-state index >= 15 is 0 Å². The number of nitro benzene ring substituents is 1. The second-order valence-electron chi connectivity index (χ2n) is 4.29. The molecule has 0 radical (unpaired) electrons. The molecular weight excluding hydrogens is 354 g/mol. The first-order valence-corrected chi connectivity index (χ1v) is 7.10. The molecule has 0 heterocycles. The lowest BCUT2D eigenvalue weighted by Gasteiger charge is -2.14. The number of non-ortho nitro benzene ring substituents is 1. The van der Waals surface area contributed by atoms with Gasteiger partial charge in [0, 0.05) is 16.8 Å². The third-order valence-electron chi connectivity index (χ3n) is 2.90. The molecule has 0 saturated heterocycles. The van der Waals surface area contributed by atoms with E-state index in [2.05, 4.69) is 31.9 Å². The average Bonchev–Trinajstić information content (AvgIpc) is 3.08. The van der Waals surface area contributed by atoms with Crippen molar-refractivity contribution in [3.05, 3.63) is 32.8 Å². The summed E-state index contributed by atoms with van der Waals surface area (Å²) in [7, 11) is 0. The molecule has 0 amide bonds. The smallest absolute Gasteiger partial charge is 0.273 e. The zero-order chi connectivity index (χ0) is 12.5. The van der Waals surface area contributed by atoms with Gasteiger partial charge in [-0.1, -0.05) is 15.9 Å². The van der Waals surface area contributed by atoms with Gasteiger partial charge in [0.1, 0.15) is 5.75 Å². The molecule has 1 fully saturated rings. The summed E-state index contributed by atoms with van der Waals surface area (Å²) >= 11 is 6.79. The van der Waals surface area contributed by atoms with Gasteiger partial charge in [-0.3, -0.25) is 10.1 Å². The summed E-state index contributed by atoms with van der Waals surface area (Å²) in [5.41, 5.74) is 0.274. The summed E-state index contributed by atoms with van der Waals surface area (Å²) in [6.07, 6.45) is 2.29. The fraction of sp³-hybridized carbons (Fsp3) is 0.455. The van der Waals surface area contributed by atoms with Crippen LogP contribution in [-0.4, -0.2) is 16.9 Å². The van der Waals surface area contributed by atoms with Crippen LogP contribution in [0.3, 0.4) is 0 Å². The third-order valence-corrected chi connectivity index (χ3v) is 4.74. The van der Waals surface area contributed by atoms with E-state index in [4.69, 9.17) is 4.74 Å². The molecule has 1 aromatic rings. The Hall–Kier alpha value is -0.620. The molecule has 17 heavy (non-hydrogen) atoms. The molecule has 1 aliphatic rings. The molecule has 6 heteroatoms. The highest BCUT2D eigenvalue weighted by Gasteiger charge is 2.42. The maximum atomic E-state index is 10.7. The summed E-state index contributed by atoms with van der Waals surface area (Å²) in [6, 6.07) is 4.55. The van der Waals surface area contributed by atoms with E-state index in [-0.39, 0.29) is 11.1 Å². The number of nitrogens with zero attached hydrogens (tertiary/aromatic N) is 1. The van der Waals surface area contributed by atoms with Gasteiger partial charge in [0.25, 0.3) is 5.69 Å². The van der Waals surface area contributed by atoms with Gasteiger partial charge in [0.15, 0.2) is 0 Å². The van der Waals surface area contributed by atoms with Crippen molar-refractivity contribution in [2.75, 3.05) is 11.9 Å². The average molecular weight is 365 g/mol. The van der Waals surface area contributed by atoms with Crippen LogP contribution in [0.15, 0.2) is 22.7 Å². The molecule has 0 aliphatic heterocycles. The Morgan fingerprint density at radius 2 is 2.18 bits per heavy atom. The first-order chi connectivity index (χ1) is 8.06. The molecule has 0 spiro atoms. The number of ether oxygens (including phenoxy) is 1. The number of halogens is 2. The fourth-order valence-electron chi connectivity index (χ4n) is 1.44. The highest BCUT2D eigenvalue weighted by molar-refractivity contribution is 9.10. The molecule has 4 nitrogen and oxygen atoms in total. The molecule has 92 valence electrons. The van der Waals surface area contributed by atoms with Crippen LogP contribution in [0.25, 0.3) is 0 Å². The number of rotatable bonds is 5. The second-order valence-corrected chi connectivity index (χ2v) is 5.71. The number of hydrogen-bond donors (Lipinski definition) is 0. The van der Waals surface area contributed by atoms with Crippen LogP contribution in [0.1, 0.15) is 12.8 Å². The van der Waals surface area contributed by atoms with Crippen LogP contribution in [0, 0.1) is 15.5 Å². The van der Waals surface area contributed by atoms with Crippen molar-refractivity contribution in [1.82, 2.24) is 0 Å². The maximum absolute atomic E-state index is 10.7. The van der Waals surface area contributed by atoms with Crippen LogP contribution in [0.2, 0.25) is 0 Å². The van der Waals surface area contributed by atoms with E-state index < -0.39 is 4.92 Å². The van der Waals surface area contributed by atoms with E-state index in [1.807, 2.05) is 0 Å². The first kappa shape index (κ1) is 12.8. The lowest BCUT2D eigenvalue weighted by atomic mass is 10.2. The minimum atomic E-state index is -0.420. The van der Waals surface area contributed by atoms with Crippen LogP contribution in [0.5, 0.6) is 5.75 Å². The van der Waals surface area contributed by atoms with Crippen LogP contribution < -0.4 is 4.74 Å². The lowest BCUT2D eigenvalue weighted by Crippen LogP contribution is -2.14. The summed E-state index contributed by atoms with van der Waals surface area (Å²) in [4.78, 5) is 10.2. The summed E-state index contributed by atoms with van der Waals surface area (Å²) in [5.74, 6) is 0.534. The van der Waals surface area contributed by atoms with Gasteiger partial charge in [-0.05, 0) is 34.8 Å². The predicted octanol–water partition coefficient (Wildman–Crippen LogP) is 3.91. The van der Waals surface area contributed by atoms with Crippen LogP contribution >= 0.6 is 31.9 Å². The molecule has 1 saturated carbocycles. The highest BCUT2D eigenvalue weighted by Crippen LogP contribution is 2.47. The maximum Gasteiger partial charge on any atom is 0.273 e. The molecule has 0 atom stereocenters. The molecule has 1 aromatic carbocycles. The minimum absolute atomic E-state index is 0.0480. The van der Waals surface area contributed by atoms with E-state index in [1.54, 1.807) is 6.07 Å². The van der Waals surface area contributed by atoms with Crippen molar-refractivity contribution >= 4 is 37.5 Å². The topological polar surface area (TPSA) is 52.4 Å². The summed E-state index contributed by atoms with van der Waals surface area (Å²) < 4.78 is 6.41. The van der Waals surface area contributed by atoms with Crippen molar-refractivity contribution in [3.8, 4) is 5.75 Å². The van der Waals surface area contributed by atoms with Gasteiger partial charge in [-0.2, -0.15) is 0 Å². The Bertz CT molecular complexity index is 446. The summed E-state index contributed by atoms with van der Waals surface area (Å²) in [5, 5.41) is 11.6. The van der Waals surface area contributed by atoms with Crippen molar-refractivity contribution in [2.24, 2.45) is 5.41 Å². The molecule has 0 N–H and O–H groups in total. The van der Waals surface area contributed by atoms with Crippen LogP contribution in [-0.2, 0) is 0 Å². The van der Waals surface area contributed by atoms with Gasteiger partial charge < -0.3 is 4.74 Å². The fourth-order valence-corrected chi connectivity index (χ4v) is 2.52. The molecule has 2 rings (SSSR count). The summed E-state index contributed by atoms with van der Waals surface area (Å²) in [6.45, 7) is 0.595. The van der Waals surface area contributed by atoms with Crippen molar-refractivity contribution in [3.63, 3.8) is 0 Å². The van der Waals surface area contributed by atoms with Crippen molar-refractivity contribution in [1.29, 1.82) is 0 Å². The molecule has 0 bridgehead atoms. The van der Waals surface area contributed by atoms with Gasteiger partial charge in [0.05, 0.1) is 22.1 Å².